The van der Waals surface area contributed by atoms with Crippen molar-refractivity contribution in [2.24, 2.45) is 0 Å². The molecule has 0 radical (unpaired) electrons. The predicted octanol–water partition coefficient (Wildman–Crippen LogP) is -0.0165. The maximum Gasteiger partial charge on any atom is 0.267 e. The highest BCUT2D eigenvalue weighted by Crippen LogP contribution is 2.11. The number of hydrogen-bond acceptors (Lipinski definition) is 2. The van der Waals surface area contributed by atoms with Crippen LogP contribution in [0.25, 0.3) is 0 Å². The third-order valence-electron chi connectivity index (χ3n) is 2.17. The van der Waals surface area contributed by atoms with Crippen molar-refractivity contribution in [3.8, 4) is 0 Å². The summed E-state index contributed by atoms with van der Waals surface area (Å²) in [5.41, 5.74) is 1.04. The molecule has 0 N–H and O–H groups in total. The molecule has 15 heavy (non-hydrogen) atoms. The van der Waals surface area contributed by atoms with Crippen molar-refractivity contribution in [1.82, 2.24) is 3.97 Å². The Kier molecular flexibility index (Phi) is 2.40. The molecule has 1 heterocycles. The molecule has 3 nitrogen and oxygen atoms in total. The molecule has 0 aliphatic rings. The first kappa shape index (κ1) is 10.0. The molecule has 76 valence electrons. The first-order valence-corrected chi connectivity index (χ1v) is 6.00. The lowest BCUT2D eigenvalue weighted by Crippen LogP contribution is -2.12. The SMILES string of the molecule is Bc1ccc(S(=O)(=O)n2cccc2)cc1. The van der Waals surface area contributed by atoms with Crippen molar-refractivity contribution in [2.75, 3.05) is 0 Å². The second kappa shape index (κ2) is 3.58. The average molecular weight is 219 g/mol. The molecule has 2 aromatic rings. The van der Waals surface area contributed by atoms with Crippen LogP contribution in [-0.4, -0.2) is 20.2 Å². The zero-order chi connectivity index (χ0) is 10.9. The number of nitrogens with zero attached hydrogens (tertiary/aromatic N) is 1. The Labute approximate surface area is 89.8 Å². The van der Waals surface area contributed by atoms with Gasteiger partial charge >= 0.3 is 0 Å². The lowest BCUT2D eigenvalue weighted by atomic mass is 9.97. The monoisotopic (exact) mass is 219 g/mol. The summed E-state index contributed by atoms with van der Waals surface area (Å²) < 4.78 is 25.1. The fourth-order valence-corrected chi connectivity index (χ4v) is 2.50. The molecule has 0 atom stereocenters. The van der Waals surface area contributed by atoms with Crippen LogP contribution in [0.4, 0.5) is 0 Å². The molecule has 0 aliphatic heterocycles. The van der Waals surface area contributed by atoms with Gasteiger partial charge in [-0.15, -0.1) is 0 Å². The highest BCUT2D eigenvalue weighted by atomic mass is 32.2. The Balaban J connectivity index is 2.52. The van der Waals surface area contributed by atoms with E-state index in [0.29, 0.717) is 4.90 Å². The van der Waals surface area contributed by atoms with Gasteiger partial charge in [-0.1, -0.05) is 17.6 Å². The maximum absolute atomic E-state index is 12.0. The van der Waals surface area contributed by atoms with Crippen molar-refractivity contribution in [2.45, 2.75) is 4.90 Å². The topological polar surface area (TPSA) is 39.1 Å². The van der Waals surface area contributed by atoms with E-state index in [0.717, 1.165) is 5.46 Å². The summed E-state index contributed by atoms with van der Waals surface area (Å²) in [6.45, 7) is 0. The molecule has 2 rings (SSSR count). The van der Waals surface area contributed by atoms with Gasteiger partial charge in [0.2, 0.25) is 0 Å². The third kappa shape index (κ3) is 1.83. The first-order valence-electron chi connectivity index (χ1n) is 4.56. The summed E-state index contributed by atoms with van der Waals surface area (Å²) in [4.78, 5) is 0.310. The van der Waals surface area contributed by atoms with Crippen LogP contribution in [0.5, 0.6) is 0 Å². The van der Waals surface area contributed by atoms with Crippen LogP contribution in [0.15, 0.2) is 53.7 Å². The molecule has 0 spiro atoms. The van der Waals surface area contributed by atoms with Gasteiger partial charge in [-0.05, 0) is 24.3 Å². The lowest BCUT2D eigenvalue weighted by Gasteiger charge is -2.05. The fourth-order valence-electron chi connectivity index (χ4n) is 1.31. The second-order valence-electron chi connectivity index (χ2n) is 3.33. The maximum atomic E-state index is 12.0. The minimum absolute atomic E-state index is 0.310. The summed E-state index contributed by atoms with van der Waals surface area (Å²) in [6, 6.07) is 10.2. The van der Waals surface area contributed by atoms with Gasteiger partial charge in [0, 0.05) is 12.4 Å². The molecular formula is C10H10BNO2S. The molecule has 0 saturated heterocycles. The number of benzene rings is 1. The predicted molar refractivity (Wildman–Crippen MR) is 61.6 cm³/mol. The summed E-state index contributed by atoms with van der Waals surface area (Å²) in [6.07, 6.45) is 3.05. The van der Waals surface area contributed by atoms with Gasteiger partial charge in [0.05, 0.1) is 4.90 Å². The lowest BCUT2D eigenvalue weighted by molar-refractivity contribution is 0.587. The summed E-state index contributed by atoms with van der Waals surface area (Å²) in [5.74, 6) is 0. The van der Waals surface area contributed by atoms with Crippen molar-refractivity contribution < 1.29 is 8.42 Å². The summed E-state index contributed by atoms with van der Waals surface area (Å²) in [5, 5.41) is 0. The Bertz CT molecular complexity index is 544. The van der Waals surface area contributed by atoms with E-state index in [-0.39, 0.29) is 0 Å². The first-order chi connectivity index (χ1) is 7.10. The zero-order valence-corrected chi connectivity index (χ0v) is 9.11. The molecule has 1 aromatic heterocycles. The summed E-state index contributed by atoms with van der Waals surface area (Å²) >= 11 is 0. The quantitative estimate of drug-likeness (QED) is 0.666. The Morgan fingerprint density at radius 3 is 2.07 bits per heavy atom. The van der Waals surface area contributed by atoms with Gasteiger partial charge in [0.1, 0.15) is 7.85 Å². The van der Waals surface area contributed by atoms with Crippen molar-refractivity contribution in [3.05, 3.63) is 48.8 Å². The molecule has 1 aromatic carbocycles. The number of rotatable bonds is 2. The van der Waals surface area contributed by atoms with Crippen molar-refractivity contribution in [1.29, 1.82) is 0 Å². The molecule has 0 bridgehead atoms. The van der Waals surface area contributed by atoms with E-state index in [4.69, 9.17) is 0 Å². The molecular weight excluding hydrogens is 209 g/mol. The van der Waals surface area contributed by atoms with Crippen LogP contribution < -0.4 is 5.46 Å². The normalized spacial score (nSPS) is 11.5. The van der Waals surface area contributed by atoms with Gasteiger partial charge in [-0.25, -0.2) is 12.4 Å². The van der Waals surface area contributed by atoms with Crippen LogP contribution in [-0.2, 0) is 10.0 Å². The third-order valence-corrected chi connectivity index (χ3v) is 3.84. The number of aromatic nitrogens is 1. The van der Waals surface area contributed by atoms with Crippen LogP contribution >= 0.6 is 0 Å². The minimum atomic E-state index is -3.40. The van der Waals surface area contributed by atoms with Crippen LogP contribution in [0.2, 0.25) is 0 Å². The molecule has 0 amide bonds. The highest BCUT2D eigenvalue weighted by Gasteiger charge is 2.14. The van der Waals surface area contributed by atoms with Crippen molar-refractivity contribution >= 4 is 23.3 Å². The standard InChI is InChI=1S/C10H10BNO2S/c11-9-3-5-10(6-4-9)15(13,14)12-7-1-2-8-12/h1-8H,11H2. The van der Waals surface area contributed by atoms with E-state index in [1.165, 1.54) is 16.4 Å². The van der Waals surface area contributed by atoms with Gasteiger partial charge in [0.15, 0.2) is 0 Å². The molecule has 0 aliphatic carbocycles. The fraction of sp³-hybridized carbons (Fsp3) is 0. The van der Waals surface area contributed by atoms with Gasteiger partial charge in [0.25, 0.3) is 10.0 Å². The van der Waals surface area contributed by atoms with Crippen LogP contribution in [0, 0.1) is 0 Å². The van der Waals surface area contributed by atoms with Crippen LogP contribution in [0.1, 0.15) is 0 Å². The van der Waals surface area contributed by atoms with E-state index in [1.54, 1.807) is 36.4 Å². The minimum Gasteiger partial charge on any atom is -0.249 e. The summed E-state index contributed by atoms with van der Waals surface area (Å²) in [7, 11) is -1.47. The molecule has 0 unspecified atom stereocenters. The zero-order valence-electron chi connectivity index (χ0n) is 8.29. The molecule has 0 saturated carbocycles. The largest absolute Gasteiger partial charge is 0.267 e. The smallest absolute Gasteiger partial charge is 0.249 e. The number of hydrogen-bond donors (Lipinski definition) is 0. The van der Waals surface area contributed by atoms with E-state index < -0.39 is 10.0 Å². The Morgan fingerprint density at radius 2 is 1.53 bits per heavy atom. The molecule has 0 fully saturated rings. The second-order valence-corrected chi connectivity index (χ2v) is 5.17. The van der Waals surface area contributed by atoms with Gasteiger partial charge in [-0.3, -0.25) is 0 Å². The van der Waals surface area contributed by atoms with Gasteiger partial charge < -0.3 is 0 Å². The van der Waals surface area contributed by atoms with E-state index in [1.807, 2.05) is 7.85 Å². The van der Waals surface area contributed by atoms with Gasteiger partial charge in [-0.2, -0.15) is 0 Å². The van der Waals surface area contributed by atoms with E-state index in [9.17, 15) is 8.42 Å². The highest BCUT2D eigenvalue weighted by molar-refractivity contribution is 7.90. The van der Waals surface area contributed by atoms with Crippen LogP contribution in [0.3, 0.4) is 0 Å². The average Bonchev–Trinajstić information content (AvgIpc) is 2.71. The Morgan fingerprint density at radius 1 is 1.00 bits per heavy atom. The van der Waals surface area contributed by atoms with E-state index >= 15 is 0 Å². The molecule has 5 heteroatoms. The Hall–Kier alpha value is -1.49. The van der Waals surface area contributed by atoms with E-state index in [2.05, 4.69) is 0 Å². The van der Waals surface area contributed by atoms with Crippen molar-refractivity contribution in [3.63, 3.8) is 0 Å².